The zero-order valence-corrected chi connectivity index (χ0v) is 15.7. The molecular formula is C17H20N2O6S. The number of ether oxygens (including phenoxy) is 3. The number of methoxy groups -OCH3 is 3. The Morgan fingerprint density at radius 2 is 1.77 bits per heavy atom. The van der Waals surface area contributed by atoms with Crippen LogP contribution in [0.1, 0.15) is 25.9 Å². The van der Waals surface area contributed by atoms with Gasteiger partial charge in [0.15, 0.2) is 11.5 Å². The van der Waals surface area contributed by atoms with Crippen LogP contribution in [0.3, 0.4) is 0 Å². The summed E-state index contributed by atoms with van der Waals surface area (Å²) >= 11 is 1.01. The van der Waals surface area contributed by atoms with Crippen LogP contribution in [0.4, 0.5) is 0 Å². The Labute approximate surface area is 154 Å². The Hall–Kier alpha value is -2.81. The first-order chi connectivity index (χ1) is 12.4. The summed E-state index contributed by atoms with van der Waals surface area (Å²) in [7, 11) is 4.55. The summed E-state index contributed by atoms with van der Waals surface area (Å²) in [6.45, 7) is 1.86. The molecule has 0 spiro atoms. The third-order valence-corrected chi connectivity index (χ3v) is 4.71. The lowest BCUT2D eigenvalue weighted by Crippen LogP contribution is -2.24. The number of hydrogen-bond acceptors (Lipinski definition) is 7. The predicted molar refractivity (Wildman–Crippen MR) is 95.5 cm³/mol. The maximum Gasteiger partial charge on any atom is 0.347 e. The molecule has 2 aromatic rings. The largest absolute Gasteiger partial charge is 0.493 e. The first kappa shape index (κ1) is 19.5. The lowest BCUT2D eigenvalue weighted by Gasteiger charge is -2.14. The van der Waals surface area contributed by atoms with Gasteiger partial charge < -0.3 is 24.6 Å². The van der Waals surface area contributed by atoms with E-state index in [0.717, 1.165) is 16.9 Å². The van der Waals surface area contributed by atoms with E-state index in [1.807, 2.05) is 0 Å². The van der Waals surface area contributed by atoms with E-state index in [1.54, 1.807) is 19.1 Å². The molecule has 0 aliphatic rings. The third-order valence-electron chi connectivity index (χ3n) is 3.56. The van der Waals surface area contributed by atoms with Gasteiger partial charge in [0, 0.05) is 6.54 Å². The molecule has 1 amide bonds. The molecule has 0 radical (unpaired) electrons. The lowest BCUT2D eigenvalue weighted by atomic mass is 10.1. The Balaban J connectivity index is 2.05. The van der Waals surface area contributed by atoms with Gasteiger partial charge in [-0.05, 0) is 24.6 Å². The highest BCUT2D eigenvalue weighted by molar-refractivity contribution is 7.13. The molecule has 2 rings (SSSR count). The molecule has 0 aliphatic heterocycles. The molecule has 0 saturated carbocycles. The normalized spacial score (nSPS) is 10.3. The molecule has 8 nitrogen and oxygen atoms in total. The summed E-state index contributed by atoms with van der Waals surface area (Å²) in [6, 6.07) is 3.50. The minimum Gasteiger partial charge on any atom is -0.493 e. The van der Waals surface area contributed by atoms with Crippen LogP contribution in [0.15, 0.2) is 12.1 Å². The zero-order chi connectivity index (χ0) is 19.3. The fraction of sp³-hybridized carbons (Fsp3) is 0.353. The number of amides is 1. The molecule has 2 N–H and O–H groups in total. The number of carbonyl (C=O) groups is 2. The van der Waals surface area contributed by atoms with Gasteiger partial charge >= 0.3 is 5.97 Å². The highest BCUT2D eigenvalue weighted by Gasteiger charge is 2.17. The number of aromatic nitrogens is 1. The van der Waals surface area contributed by atoms with E-state index in [1.165, 1.54) is 21.3 Å². The van der Waals surface area contributed by atoms with Gasteiger partial charge in [0.2, 0.25) is 11.7 Å². The van der Waals surface area contributed by atoms with Gasteiger partial charge in [-0.15, -0.1) is 11.3 Å². The Bertz CT molecular complexity index is 793. The van der Waals surface area contributed by atoms with Gasteiger partial charge in [-0.2, -0.15) is 0 Å². The highest BCUT2D eigenvalue weighted by Crippen LogP contribution is 2.38. The highest BCUT2D eigenvalue weighted by atomic mass is 32.1. The van der Waals surface area contributed by atoms with Crippen LogP contribution in [0, 0.1) is 6.92 Å². The van der Waals surface area contributed by atoms with E-state index in [0.29, 0.717) is 28.0 Å². The maximum absolute atomic E-state index is 12.1. The summed E-state index contributed by atoms with van der Waals surface area (Å²) in [5, 5.41) is 12.3. The number of nitrogens with zero attached hydrogens (tertiary/aromatic N) is 1. The number of carboxylic acids is 1. The van der Waals surface area contributed by atoms with Gasteiger partial charge in [0.05, 0.1) is 33.4 Å². The molecule has 0 aliphatic carbocycles. The fourth-order valence-electron chi connectivity index (χ4n) is 2.36. The van der Waals surface area contributed by atoms with Crippen LogP contribution in [0.25, 0.3) is 0 Å². The van der Waals surface area contributed by atoms with Crippen LogP contribution in [0.2, 0.25) is 0 Å². The molecule has 9 heteroatoms. The smallest absolute Gasteiger partial charge is 0.347 e. The number of carboxylic acid groups (broad SMARTS) is 1. The van der Waals surface area contributed by atoms with Crippen LogP contribution in [0.5, 0.6) is 17.2 Å². The number of nitrogens with one attached hydrogen (secondary N) is 1. The van der Waals surface area contributed by atoms with Gasteiger partial charge in [-0.25, -0.2) is 9.78 Å². The minimum atomic E-state index is -1.04. The van der Waals surface area contributed by atoms with Gasteiger partial charge in [0.25, 0.3) is 0 Å². The maximum atomic E-state index is 12.1. The third kappa shape index (κ3) is 4.42. The van der Waals surface area contributed by atoms with Crippen molar-refractivity contribution in [2.45, 2.75) is 19.9 Å². The predicted octanol–water partition coefficient (Wildman–Crippen LogP) is 2.03. The molecule has 26 heavy (non-hydrogen) atoms. The molecule has 140 valence electrons. The molecule has 0 bridgehead atoms. The average Bonchev–Trinajstić information content (AvgIpc) is 2.99. The second-order valence-corrected chi connectivity index (χ2v) is 6.40. The van der Waals surface area contributed by atoms with Gasteiger partial charge in [-0.3, -0.25) is 4.79 Å². The molecular weight excluding hydrogens is 360 g/mol. The lowest BCUT2D eigenvalue weighted by molar-refractivity contribution is -0.120. The summed E-state index contributed by atoms with van der Waals surface area (Å²) in [5.74, 6) is 0.175. The van der Waals surface area contributed by atoms with Crippen LogP contribution >= 0.6 is 11.3 Å². The van der Waals surface area contributed by atoms with Gasteiger partial charge in [0.1, 0.15) is 9.88 Å². The number of hydrogen-bond donors (Lipinski definition) is 2. The quantitative estimate of drug-likeness (QED) is 0.721. The SMILES string of the molecule is COc1cc(CNC(=O)Cc2nc(C)c(C(=O)O)s2)cc(OC)c1OC. The van der Waals surface area contributed by atoms with Crippen molar-refractivity contribution in [1.82, 2.24) is 10.3 Å². The van der Waals surface area contributed by atoms with E-state index >= 15 is 0 Å². The summed E-state index contributed by atoms with van der Waals surface area (Å²) < 4.78 is 15.8. The van der Waals surface area contributed by atoms with E-state index in [9.17, 15) is 9.59 Å². The molecule has 0 fully saturated rings. The van der Waals surface area contributed by atoms with Crippen molar-refractivity contribution in [3.8, 4) is 17.2 Å². The molecule has 0 unspecified atom stereocenters. The topological polar surface area (TPSA) is 107 Å². The van der Waals surface area contributed by atoms with Crippen molar-refractivity contribution in [1.29, 1.82) is 0 Å². The Kier molecular flexibility index (Phi) is 6.40. The molecule has 0 saturated heterocycles. The van der Waals surface area contributed by atoms with Crippen LogP contribution in [-0.4, -0.2) is 43.3 Å². The van der Waals surface area contributed by atoms with Crippen molar-refractivity contribution in [2.24, 2.45) is 0 Å². The Morgan fingerprint density at radius 1 is 1.15 bits per heavy atom. The first-order valence-corrected chi connectivity index (χ1v) is 8.46. The average molecular weight is 380 g/mol. The fourth-order valence-corrected chi connectivity index (χ4v) is 3.27. The zero-order valence-electron chi connectivity index (χ0n) is 14.9. The van der Waals surface area contributed by atoms with Crippen molar-refractivity contribution in [3.05, 3.63) is 33.3 Å². The summed E-state index contributed by atoms with van der Waals surface area (Å²) in [5.41, 5.74) is 1.18. The monoisotopic (exact) mass is 380 g/mol. The first-order valence-electron chi connectivity index (χ1n) is 7.64. The molecule has 0 atom stereocenters. The minimum absolute atomic E-state index is 0.0171. The van der Waals surface area contributed by atoms with E-state index in [-0.39, 0.29) is 23.7 Å². The Morgan fingerprint density at radius 3 is 2.23 bits per heavy atom. The number of aromatic carboxylic acids is 1. The van der Waals surface area contributed by atoms with Gasteiger partial charge in [-0.1, -0.05) is 0 Å². The van der Waals surface area contributed by atoms with E-state index in [4.69, 9.17) is 19.3 Å². The second kappa shape index (κ2) is 8.52. The number of aryl methyl sites for hydroxylation is 1. The van der Waals surface area contributed by atoms with Crippen LogP contribution in [-0.2, 0) is 17.8 Å². The number of thiazole rings is 1. The number of carbonyl (C=O) groups excluding carboxylic acids is 1. The summed E-state index contributed by atoms with van der Waals surface area (Å²) in [4.78, 5) is 27.4. The van der Waals surface area contributed by atoms with Crippen molar-refractivity contribution >= 4 is 23.2 Å². The van der Waals surface area contributed by atoms with Crippen molar-refractivity contribution < 1.29 is 28.9 Å². The summed E-state index contributed by atoms with van der Waals surface area (Å²) in [6.07, 6.45) is 0.0171. The van der Waals surface area contributed by atoms with E-state index in [2.05, 4.69) is 10.3 Å². The standard InChI is InChI=1S/C17H20N2O6S/c1-9-16(17(21)22)26-14(19-9)7-13(20)18-8-10-5-11(23-2)15(25-4)12(6-10)24-3/h5-6H,7-8H2,1-4H3,(H,18,20)(H,21,22). The molecule has 1 heterocycles. The second-order valence-electron chi connectivity index (χ2n) is 5.31. The molecule has 1 aromatic heterocycles. The molecule has 1 aromatic carbocycles. The number of benzene rings is 1. The van der Waals surface area contributed by atoms with E-state index < -0.39 is 5.97 Å². The van der Waals surface area contributed by atoms with Crippen molar-refractivity contribution in [3.63, 3.8) is 0 Å². The number of rotatable bonds is 8. The van der Waals surface area contributed by atoms with Crippen LogP contribution < -0.4 is 19.5 Å². The van der Waals surface area contributed by atoms with Crippen molar-refractivity contribution in [2.75, 3.05) is 21.3 Å².